The third-order valence-electron chi connectivity index (χ3n) is 3.07. The van der Waals surface area contributed by atoms with Gasteiger partial charge in [-0.2, -0.15) is 0 Å². The molecular weight excluding hydrogens is 260 g/mol. The van der Waals surface area contributed by atoms with E-state index in [1.54, 1.807) is 12.3 Å². The van der Waals surface area contributed by atoms with Crippen LogP contribution in [0, 0.1) is 6.92 Å². The second-order valence-electron chi connectivity index (χ2n) is 4.57. The van der Waals surface area contributed by atoms with Gasteiger partial charge >= 0.3 is 0 Å². The van der Waals surface area contributed by atoms with Gasteiger partial charge in [0.25, 0.3) is 0 Å². The maximum absolute atomic E-state index is 6.17. The molecule has 1 unspecified atom stereocenters. The van der Waals surface area contributed by atoms with Crippen LogP contribution in [0.3, 0.4) is 0 Å². The van der Waals surface area contributed by atoms with E-state index in [1.807, 2.05) is 31.2 Å². The molecule has 0 bridgehead atoms. The molecule has 1 atom stereocenters. The number of hydrogen-bond acceptors (Lipinski definition) is 3. The van der Waals surface area contributed by atoms with Crippen molar-refractivity contribution in [2.24, 2.45) is 5.73 Å². The molecule has 0 aliphatic carbocycles. The van der Waals surface area contributed by atoms with E-state index >= 15 is 0 Å². The molecule has 96 valence electrons. The van der Waals surface area contributed by atoms with Gasteiger partial charge in [-0.05, 0) is 37.3 Å². The number of benzene rings is 1. The molecule has 0 fully saturated rings. The Kier molecular flexibility index (Phi) is 3.01. The first kappa shape index (κ1) is 12.2. The van der Waals surface area contributed by atoms with Crippen molar-refractivity contribution >= 4 is 22.6 Å². The van der Waals surface area contributed by atoms with Crippen molar-refractivity contribution in [3.8, 4) is 0 Å². The van der Waals surface area contributed by atoms with Crippen LogP contribution in [0.4, 0.5) is 0 Å². The number of rotatable bonds is 2. The van der Waals surface area contributed by atoms with E-state index in [4.69, 9.17) is 21.8 Å². The summed E-state index contributed by atoms with van der Waals surface area (Å²) in [5.74, 6) is 0.704. The molecule has 2 N–H and O–H groups in total. The van der Waals surface area contributed by atoms with Gasteiger partial charge < -0.3 is 10.2 Å². The molecule has 4 heteroatoms. The Morgan fingerprint density at radius 3 is 2.79 bits per heavy atom. The first-order valence-corrected chi connectivity index (χ1v) is 6.38. The quantitative estimate of drug-likeness (QED) is 0.771. The Bertz CT molecular complexity index is 719. The molecule has 0 saturated carbocycles. The van der Waals surface area contributed by atoms with Crippen molar-refractivity contribution in [3.05, 3.63) is 64.6 Å². The highest BCUT2D eigenvalue weighted by atomic mass is 35.5. The van der Waals surface area contributed by atoms with Gasteiger partial charge in [0.05, 0.1) is 10.7 Å². The predicted molar refractivity (Wildman–Crippen MR) is 76.2 cm³/mol. The summed E-state index contributed by atoms with van der Waals surface area (Å²) in [4.78, 5) is 4.23. The summed E-state index contributed by atoms with van der Waals surface area (Å²) in [6, 6.07) is 11.2. The first-order valence-electron chi connectivity index (χ1n) is 6.00. The number of furan rings is 1. The van der Waals surface area contributed by atoms with Gasteiger partial charge in [-0.3, -0.25) is 4.98 Å². The first-order chi connectivity index (χ1) is 9.13. The summed E-state index contributed by atoms with van der Waals surface area (Å²) in [5, 5.41) is 1.65. The zero-order chi connectivity index (χ0) is 13.4. The monoisotopic (exact) mass is 272 g/mol. The lowest BCUT2D eigenvalue weighted by molar-refractivity contribution is 0.521. The van der Waals surface area contributed by atoms with Gasteiger partial charge in [-0.15, -0.1) is 0 Å². The molecule has 2 heterocycles. The van der Waals surface area contributed by atoms with Gasteiger partial charge in [-0.1, -0.05) is 23.2 Å². The summed E-state index contributed by atoms with van der Waals surface area (Å²) in [6.07, 6.45) is 1.59. The van der Waals surface area contributed by atoms with Crippen LogP contribution in [0.1, 0.15) is 23.1 Å². The molecule has 1 aromatic carbocycles. The average molecular weight is 273 g/mol. The van der Waals surface area contributed by atoms with Gasteiger partial charge in [-0.25, -0.2) is 0 Å². The maximum atomic E-state index is 6.17. The molecule has 3 aromatic rings. The third-order valence-corrected chi connectivity index (χ3v) is 3.29. The highest BCUT2D eigenvalue weighted by Gasteiger charge is 2.15. The summed E-state index contributed by atoms with van der Waals surface area (Å²) < 4.78 is 5.77. The summed E-state index contributed by atoms with van der Waals surface area (Å²) in [6.45, 7) is 2.05. The van der Waals surface area contributed by atoms with Gasteiger partial charge in [0, 0.05) is 11.6 Å². The van der Waals surface area contributed by atoms with E-state index in [1.165, 1.54) is 5.56 Å². The Hall–Kier alpha value is -1.84. The summed E-state index contributed by atoms with van der Waals surface area (Å²) in [7, 11) is 0. The molecule has 0 aliphatic rings. The second-order valence-corrected chi connectivity index (χ2v) is 5.01. The Labute approximate surface area is 116 Å². The van der Waals surface area contributed by atoms with Crippen LogP contribution in [0.15, 0.2) is 47.0 Å². The topological polar surface area (TPSA) is 52.0 Å². The van der Waals surface area contributed by atoms with Crippen LogP contribution < -0.4 is 5.73 Å². The molecule has 2 aromatic heterocycles. The van der Waals surface area contributed by atoms with Crippen LogP contribution >= 0.6 is 11.6 Å². The Morgan fingerprint density at radius 2 is 2.05 bits per heavy atom. The lowest BCUT2D eigenvalue weighted by Gasteiger charge is -2.07. The van der Waals surface area contributed by atoms with E-state index in [0.717, 1.165) is 16.7 Å². The van der Waals surface area contributed by atoms with E-state index in [0.29, 0.717) is 10.8 Å². The Balaban J connectivity index is 2.01. The zero-order valence-corrected chi connectivity index (χ0v) is 11.2. The standard InChI is InChI=1S/C15H13ClN2O/c1-9-2-5-13-10(6-9)7-14(19-13)15(17)12-4-3-11(16)8-18-12/h2-8,15H,17H2,1H3. The van der Waals surface area contributed by atoms with E-state index in [2.05, 4.69) is 11.1 Å². The zero-order valence-electron chi connectivity index (χ0n) is 10.4. The normalized spacial score (nSPS) is 12.8. The van der Waals surface area contributed by atoms with Crippen molar-refractivity contribution in [1.82, 2.24) is 4.98 Å². The number of halogens is 1. The van der Waals surface area contributed by atoms with Crippen LogP contribution in [-0.4, -0.2) is 4.98 Å². The van der Waals surface area contributed by atoms with Gasteiger partial charge in [0.2, 0.25) is 0 Å². The SMILES string of the molecule is Cc1ccc2oc(C(N)c3ccc(Cl)cn3)cc2c1. The molecule has 19 heavy (non-hydrogen) atoms. The number of nitrogens with zero attached hydrogens (tertiary/aromatic N) is 1. The van der Waals surface area contributed by atoms with Crippen LogP contribution in [-0.2, 0) is 0 Å². The van der Waals surface area contributed by atoms with E-state index in [9.17, 15) is 0 Å². The van der Waals surface area contributed by atoms with Crippen LogP contribution in [0.2, 0.25) is 5.02 Å². The minimum absolute atomic E-state index is 0.384. The fourth-order valence-electron chi connectivity index (χ4n) is 2.05. The minimum atomic E-state index is -0.384. The molecule has 0 radical (unpaired) electrons. The number of fused-ring (bicyclic) bond motifs is 1. The molecule has 0 aliphatic heterocycles. The van der Waals surface area contributed by atoms with Gasteiger partial charge in [0.15, 0.2) is 0 Å². The highest BCUT2D eigenvalue weighted by Crippen LogP contribution is 2.26. The fourth-order valence-corrected chi connectivity index (χ4v) is 2.17. The lowest BCUT2D eigenvalue weighted by Crippen LogP contribution is -2.12. The smallest absolute Gasteiger partial charge is 0.134 e. The largest absolute Gasteiger partial charge is 0.459 e. The van der Waals surface area contributed by atoms with Crippen LogP contribution in [0.25, 0.3) is 11.0 Å². The third kappa shape index (κ3) is 2.35. The molecule has 0 spiro atoms. The van der Waals surface area contributed by atoms with Crippen molar-refractivity contribution in [1.29, 1.82) is 0 Å². The van der Waals surface area contributed by atoms with Crippen molar-refractivity contribution in [2.45, 2.75) is 13.0 Å². The molecule has 0 saturated heterocycles. The summed E-state index contributed by atoms with van der Waals surface area (Å²) in [5.41, 5.74) is 8.94. The number of aromatic nitrogens is 1. The lowest BCUT2D eigenvalue weighted by atomic mass is 10.1. The van der Waals surface area contributed by atoms with E-state index in [-0.39, 0.29) is 6.04 Å². The second kappa shape index (κ2) is 4.68. The number of aryl methyl sites for hydroxylation is 1. The fraction of sp³-hybridized carbons (Fsp3) is 0.133. The number of nitrogens with two attached hydrogens (primary N) is 1. The maximum Gasteiger partial charge on any atom is 0.134 e. The molecule has 3 rings (SSSR count). The summed E-state index contributed by atoms with van der Waals surface area (Å²) >= 11 is 5.82. The molecule has 3 nitrogen and oxygen atoms in total. The van der Waals surface area contributed by atoms with Gasteiger partial charge in [0.1, 0.15) is 17.4 Å². The van der Waals surface area contributed by atoms with Crippen molar-refractivity contribution in [3.63, 3.8) is 0 Å². The van der Waals surface area contributed by atoms with E-state index < -0.39 is 0 Å². The molecule has 0 amide bonds. The number of hydrogen-bond donors (Lipinski definition) is 1. The van der Waals surface area contributed by atoms with Crippen molar-refractivity contribution < 1.29 is 4.42 Å². The van der Waals surface area contributed by atoms with Crippen molar-refractivity contribution in [2.75, 3.05) is 0 Å². The highest BCUT2D eigenvalue weighted by molar-refractivity contribution is 6.30. The number of pyridine rings is 1. The minimum Gasteiger partial charge on any atom is -0.459 e. The molecular formula is C15H13ClN2O. The van der Waals surface area contributed by atoms with Crippen LogP contribution in [0.5, 0.6) is 0 Å². The predicted octanol–water partition coefficient (Wildman–Crippen LogP) is 3.84. The Morgan fingerprint density at radius 1 is 1.21 bits per heavy atom. The average Bonchev–Trinajstić information content (AvgIpc) is 2.81.